The highest BCUT2D eigenvalue weighted by molar-refractivity contribution is 7.99. The summed E-state index contributed by atoms with van der Waals surface area (Å²) in [7, 11) is 0. The van der Waals surface area contributed by atoms with Gasteiger partial charge in [0.2, 0.25) is 11.8 Å². The fraction of sp³-hybridized carbons (Fsp3) is 0.100. The van der Waals surface area contributed by atoms with Gasteiger partial charge in [-0.2, -0.15) is 0 Å². The number of thiazole rings is 1. The van der Waals surface area contributed by atoms with Gasteiger partial charge < -0.3 is 15.1 Å². The van der Waals surface area contributed by atoms with Crippen LogP contribution in [0, 0.1) is 0 Å². The Morgan fingerprint density at radius 3 is 2.62 bits per heavy atom. The van der Waals surface area contributed by atoms with Crippen molar-refractivity contribution in [2.45, 2.75) is 12.1 Å². The van der Waals surface area contributed by atoms with Gasteiger partial charge in [-0.3, -0.25) is 9.59 Å². The molecule has 0 fully saturated rings. The number of benzene rings is 2. The number of nitrogens with zero attached hydrogens (tertiary/aromatic N) is 2. The standard InChI is InChI=1S/C20H16N4O3S2/c1-12(25)21-14-8-6-13(7-9-14)16-10-28-19(22-16)24-18(26)11-29-20-23-15-4-2-3-5-17(15)27-20/h2-10H,11H2,1H3,(H,21,25)(H,22,24,26). The van der Waals surface area contributed by atoms with Crippen molar-refractivity contribution < 1.29 is 14.0 Å². The number of oxazole rings is 1. The maximum Gasteiger partial charge on any atom is 0.257 e. The molecule has 0 unspecified atom stereocenters. The Balaban J connectivity index is 1.34. The Morgan fingerprint density at radius 1 is 1.07 bits per heavy atom. The lowest BCUT2D eigenvalue weighted by Gasteiger charge is -2.03. The largest absolute Gasteiger partial charge is 0.431 e. The quantitative estimate of drug-likeness (QED) is 0.438. The number of rotatable bonds is 6. The van der Waals surface area contributed by atoms with Crippen LogP contribution in [0.25, 0.3) is 22.4 Å². The van der Waals surface area contributed by atoms with Crippen LogP contribution in [0.1, 0.15) is 6.92 Å². The van der Waals surface area contributed by atoms with Crippen molar-refractivity contribution in [2.24, 2.45) is 0 Å². The first kappa shape index (κ1) is 19.2. The smallest absolute Gasteiger partial charge is 0.257 e. The molecule has 2 heterocycles. The molecule has 9 heteroatoms. The molecule has 7 nitrogen and oxygen atoms in total. The van der Waals surface area contributed by atoms with E-state index < -0.39 is 0 Å². The molecule has 0 aliphatic heterocycles. The van der Waals surface area contributed by atoms with Crippen molar-refractivity contribution in [3.63, 3.8) is 0 Å². The van der Waals surface area contributed by atoms with Gasteiger partial charge in [0.1, 0.15) is 5.52 Å². The molecule has 0 saturated carbocycles. The van der Waals surface area contributed by atoms with Crippen LogP contribution in [0.15, 0.2) is 63.6 Å². The number of carbonyl (C=O) groups is 2. The number of hydrogen-bond donors (Lipinski definition) is 2. The second-order valence-electron chi connectivity index (χ2n) is 6.08. The molecule has 0 aliphatic carbocycles. The first-order valence-corrected chi connectivity index (χ1v) is 10.5. The molecule has 2 aromatic heterocycles. The Bertz CT molecular complexity index is 1130. The molecule has 2 aromatic carbocycles. The van der Waals surface area contributed by atoms with E-state index in [1.54, 1.807) is 0 Å². The molecule has 29 heavy (non-hydrogen) atoms. The summed E-state index contributed by atoms with van der Waals surface area (Å²) in [6, 6.07) is 14.8. The summed E-state index contributed by atoms with van der Waals surface area (Å²) >= 11 is 2.59. The zero-order chi connectivity index (χ0) is 20.2. The summed E-state index contributed by atoms with van der Waals surface area (Å²) in [5.74, 6) is -0.126. The van der Waals surface area contributed by atoms with E-state index in [4.69, 9.17) is 4.42 Å². The number of thioether (sulfide) groups is 1. The number of anilines is 2. The highest BCUT2D eigenvalue weighted by Gasteiger charge is 2.11. The lowest BCUT2D eigenvalue weighted by Crippen LogP contribution is -2.13. The van der Waals surface area contributed by atoms with Crippen LogP contribution in [-0.4, -0.2) is 27.5 Å². The molecular weight excluding hydrogens is 408 g/mol. The van der Waals surface area contributed by atoms with E-state index >= 15 is 0 Å². The van der Waals surface area contributed by atoms with E-state index in [1.165, 1.54) is 30.0 Å². The third kappa shape index (κ3) is 4.82. The SMILES string of the molecule is CC(=O)Nc1ccc(-c2csc(NC(=O)CSc3nc4ccccc4o3)n2)cc1. The van der Waals surface area contributed by atoms with Gasteiger partial charge in [-0.25, -0.2) is 9.97 Å². The minimum atomic E-state index is -0.181. The molecule has 0 spiro atoms. The van der Waals surface area contributed by atoms with Crippen molar-refractivity contribution in [1.82, 2.24) is 9.97 Å². The summed E-state index contributed by atoms with van der Waals surface area (Å²) in [6.45, 7) is 1.46. The van der Waals surface area contributed by atoms with Gasteiger partial charge in [0, 0.05) is 23.6 Å². The number of aromatic nitrogens is 2. The van der Waals surface area contributed by atoms with Crippen molar-refractivity contribution >= 4 is 56.8 Å². The van der Waals surface area contributed by atoms with Gasteiger partial charge in [-0.15, -0.1) is 11.3 Å². The average Bonchev–Trinajstić information content (AvgIpc) is 3.33. The van der Waals surface area contributed by atoms with Gasteiger partial charge in [-0.05, 0) is 24.3 Å². The Kier molecular flexibility index (Phi) is 5.59. The van der Waals surface area contributed by atoms with Crippen LogP contribution in [0.3, 0.4) is 0 Å². The van der Waals surface area contributed by atoms with Gasteiger partial charge >= 0.3 is 0 Å². The number of carbonyl (C=O) groups excluding carboxylic acids is 2. The Labute approximate surface area is 174 Å². The van der Waals surface area contributed by atoms with E-state index in [0.717, 1.165) is 22.5 Å². The normalized spacial score (nSPS) is 10.8. The number of nitrogens with one attached hydrogen (secondary N) is 2. The topological polar surface area (TPSA) is 97.1 Å². The maximum atomic E-state index is 12.2. The predicted octanol–water partition coefficient (Wildman–Crippen LogP) is 4.64. The Morgan fingerprint density at radius 2 is 1.86 bits per heavy atom. The summed E-state index contributed by atoms with van der Waals surface area (Å²) in [5, 5.41) is 8.37. The van der Waals surface area contributed by atoms with Gasteiger partial charge in [0.25, 0.3) is 5.22 Å². The first-order valence-electron chi connectivity index (χ1n) is 8.68. The zero-order valence-electron chi connectivity index (χ0n) is 15.3. The molecule has 4 aromatic rings. The van der Waals surface area contributed by atoms with Crippen LogP contribution < -0.4 is 10.6 Å². The van der Waals surface area contributed by atoms with Gasteiger partial charge in [0.05, 0.1) is 11.4 Å². The third-order valence-electron chi connectivity index (χ3n) is 3.85. The molecule has 0 aliphatic rings. The predicted molar refractivity (Wildman–Crippen MR) is 115 cm³/mol. The van der Waals surface area contributed by atoms with E-state index in [2.05, 4.69) is 20.6 Å². The minimum absolute atomic E-state index is 0.118. The highest BCUT2D eigenvalue weighted by Crippen LogP contribution is 2.27. The highest BCUT2D eigenvalue weighted by atomic mass is 32.2. The number of fused-ring (bicyclic) bond motifs is 1. The van der Waals surface area contributed by atoms with Crippen molar-refractivity contribution in [3.05, 3.63) is 53.9 Å². The molecule has 0 atom stereocenters. The summed E-state index contributed by atoms with van der Waals surface area (Å²) in [5.41, 5.74) is 3.85. The van der Waals surface area contributed by atoms with Crippen LogP contribution in [-0.2, 0) is 9.59 Å². The summed E-state index contributed by atoms with van der Waals surface area (Å²) in [4.78, 5) is 32.1. The molecular formula is C20H16N4O3S2. The molecule has 2 amide bonds. The van der Waals surface area contributed by atoms with Gasteiger partial charge in [-0.1, -0.05) is 36.0 Å². The van der Waals surface area contributed by atoms with Crippen LogP contribution in [0.2, 0.25) is 0 Å². The van der Waals surface area contributed by atoms with E-state index in [1.807, 2.05) is 53.9 Å². The molecule has 0 bridgehead atoms. The molecule has 2 N–H and O–H groups in total. The molecule has 146 valence electrons. The second-order valence-corrected chi connectivity index (χ2v) is 7.87. The van der Waals surface area contributed by atoms with E-state index in [9.17, 15) is 9.59 Å². The average molecular weight is 425 g/mol. The first-order chi connectivity index (χ1) is 14.1. The second kappa shape index (κ2) is 8.46. The van der Waals surface area contributed by atoms with E-state index in [-0.39, 0.29) is 17.6 Å². The lowest BCUT2D eigenvalue weighted by molar-refractivity contribution is -0.114. The summed E-state index contributed by atoms with van der Waals surface area (Å²) in [6.07, 6.45) is 0. The fourth-order valence-electron chi connectivity index (χ4n) is 2.59. The van der Waals surface area contributed by atoms with Gasteiger partial charge in [0.15, 0.2) is 10.7 Å². The fourth-order valence-corrected chi connectivity index (χ4v) is 3.96. The summed E-state index contributed by atoms with van der Waals surface area (Å²) < 4.78 is 5.60. The van der Waals surface area contributed by atoms with Crippen LogP contribution in [0.4, 0.5) is 10.8 Å². The Hall–Kier alpha value is -3.17. The van der Waals surface area contributed by atoms with E-state index in [0.29, 0.717) is 15.9 Å². The third-order valence-corrected chi connectivity index (χ3v) is 5.44. The van der Waals surface area contributed by atoms with Crippen LogP contribution >= 0.6 is 23.1 Å². The maximum absolute atomic E-state index is 12.2. The number of amides is 2. The zero-order valence-corrected chi connectivity index (χ0v) is 17.0. The van der Waals surface area contributed by atoms with Crippen molar-refractivity contribution in [1.29, 1.82) is 0 Å². The monoisotopic (exact) mass is 424 g/mol. The van der Waals surface area contributed by atoms with Crippen molar-refractivity contribution in [3.8, 4) is 11.3 Å². The lowest BCUT2D eigenvalue weighted by atomic mass is 10.1. The molecule has 0 saturated heterocycles. The number of hydrogen-bond acceptors (Lipinski definition) is 7. The van der Waals surface area contributed by atoms with Crippen molar-refractivity contribution in [2.75, 3.05) is 16.4 Å². The minimum Gasteiger partial charge on any atom is -0.431 e. The molecule has 4 rings (SSSR count). The van der Waals surface area contributed by atoms with Crippen LogP contribution in [0.5, 0.6) is 0 Å². The molecule has 0 radical (unpaired) electrons. The number of para-hydroxylation sites is 2.